The van der Waals surface area contributed by atoms with Crippen LogP contribution in [0.3, 0.4) is 0 Å². The number of methoxy groups -OCH3 is 2. The number of ether oxygens (including phenoxy) is 2. The SMILES string of the molecule is CCc1cc(Br)ccc1NC(=S)Nc1sc(C(=O)OC)c(C)c1C(=O)OC. The lowest BCUT2D eigenvalue weighted by Gasteiger charge is -2.14. The third kappa shape index (κ3) is 4.85. The van der Waals surface area contributed by atoms with Gasteiger partial charge in [-0.25, -0.2) is 9.59 Å². The Morgan fingerprint density at radius 2 is 1.85 bits per heavy atom. The van der Waals surface area contributed by atoms with Crippen LogP contribution in [0.5, 0.6) is 0 Å². The summed E-state index contributed by atoms with van der Waals surface area (Å²) in [5.74, 6) is -1.07. The molecule has 0 radical (unpaired) electrons. The van der Waals surface area contributed by atoms with E-state index in [4.69, 9.17) is 21.7 Å². The van der Waals surface area contributed by atoms with Gasteiger partial charge in [0.15, 0.2) is 5.11 Å². The van der Waals surface area contributed by atoms with Crippen LogP contribution < -0.4 is 10.6 Å². The van der Waals surface area contributed by atoms with Crippen molar-refractivity contribution in [3.63, 3.8) is 0 Å². The predicted octanol–water partition coefficient (Wildman–Crippen LogP) is 4.76. The Morgan fingerprint density at radius 3 is 2.44 bits per heavy atom. The van der Waals surface area contributed by atoms with Crippen LogP contribution in [-0.4, -0.2) is 31.3 Å². The van der Waals surface area contributed by atoms with E-state index in [2.05, 4.69) is 26.6 Å². The number of hydrogen-bond acceptors (Lipinski definition) is 6. The van der Waals surface area contributed by atoms with Crippen molar-refractivity contribution in [3.8, 4) is 0 Å². The van der Waals surface area contributed by atoms with Gasteiger partial charge in [-0.2, -0.15) is 0 Å². The van der Waals surface area contributed by atoms with Crippen LogP contribution >= 0.6 is 39.5 Å². The molecule has 0 bridgehead atoms. The third-order valence-corrected chi connectivity index (χ3v) is 5.72. The van der Waals surface area contributed by atoms with Crippen molar-refractivity contribution < 1.29 is 19.1 Å². The number of aryl methyl sites for hydroxylation is 1. The number of thiocarbonyl (C=S) groups is 1. The molecular formula is C18H19BrN2O4S2. The molecule has 0 amide bonds. The van der Waals surface area contributed by atoms with E-state index in [1.165, 1.54) is 14.2 Å². The quantitative estimate of drug-likeness (QED) is 0.481. The van der Waals surface area contributed by atoms with Gasteiger partial charge in [0.25, 0.3) is 0 Å². The number of hydrogen-bond donors (Lipinski definition) is 2. The van der Waals surface area contributed by atoms with Gasteiger partial charge in [-0.15, -0.1) is 11.3 Å². The number of benzene rings is 1. The summed E-state index contributed by atoms with van der Waals surface area (Å²) in [6.07, 6.45) is 0.822. The molecule has 2 N–H and O–H groups in total. The van der Waals surface area contributed by atoms with Gasteiger partial charge in [0.1, 0.15) is 9.88 Å². The second-order valence-corrected chi connectivity index (χ2v) is 7.82. The summed E-state index contributed by atoms with van der Waals surface area (Å²) in [5, 5.41) is 6.85. The van der Waals surface area contributed by atoms with Crippen molar-refractivity contribution in [1.82, 2.24) is 0 Å². The van der Waals surface area contributed by atoms with Crippen LogP contribution in [0.1, 0.15) is 38.1 Å². The zero-order valence-electron chi connectivity index (χ0n) is 15.3. The highest BCUT2D eigenvalue weighted by Gasteiger charge is 2.26. The summed E-state index contributed by atoms with van der Waals surface area (Å²) < 4.78 is 10.6. The molecule has 1 aromatic carbocycles. The first kappa shape index (κ1) is 21.3. The molecule has 6 nitrogen and oxygen atoms in total. The van der Waals surface area contributed by atoms with Gasteiger partial charge < -0.3 is 20.1 Å². The maximum absolute atomic E-state index is 12.2. The smallest absolute Gasteiger partial charge is 0.348 e. The Kier molecular flexibility index (Phi) is 7.34. The molecule has 0 spiro atoms. The van der Waals surface area contributed by atoms with E-state index in [9.17, 15) is 9.59 Å². The summed E-state index contributed by atoms with van der Waals surface area (Å²) in [6, 6.07) is 5.84. The van der Waals surface area contributed by atoms with E-state index in [0.29, 0.717) is 20.6 Å². The molecule has 0 atom stereocenters. The molecule has 0 aliphatic rings. The van der Waals surface area contributed by atoms with Crippen LogP contribution in [-0.2, 0) is 15.9 Å². The monoisotopic (exact) mass is 470 g/mol. The molecule has 144 valence electrons. The lowest BCUT2D eigenvalue weighted by Crippen LogP contribution is -2.20. The lowest BCUT2D eigenvalue weighted by molar-refractivity contribution is 0.0601. The molecule has 0 saturated heterocycles. The van der Waals surface area contributed by atoms with E-state index in [1.54, 1.807) is 6.92 Å². The standard InChI is InChI=1S/C18H19BrN2O4S2/c1-5-10-8-11(19)6-7-12(10)20-18(26)21-15-13(16(22)24-3)9(2)14(27-15)17(23)25-4/h6-8H,5H2,1-4H3,(H2,20,21,26). The summed E-state index contributed by atoms with van der Waals surface area (Å²) >= 11 is 9.94. The van der Waals surface area contributed by atoms with Crippen LogP contribution in [0.15, 0.2) is 22.7 Å². The van der Waals surface area contributed by atoms with Gasteiger partial charge in [0.05, 0.1) is 19.8 Å². The molecule has 0 fully saturated rings. The average molecular weight is 471 g/mol. The maximum Gasteiger partial charge on any atom is 0.348 e. The van der Waals surface area contributed by atoms with E-state index < -0.39 is 11.9 Å². The van der Waals surface area contributed by atoms with Gasteiger partial charge in [-0.05, 0) is 54.9 Å². The van der Waals surface area contributed by atoms with Crippen LogP contribution in [0.2, 0.25) is 0 Å². The molecule has 0 aliphatic carbocycles. The molecule has 0 aliphatic heterocycles. The number of thiophene rings is 1. The Balaban J connectivity index is 2.32. The molecular weight excluding hydrogens is 452 g/mol. The van der Waals surface area contributed by atoms with Crippen LogP contribution in [0.4, 0.5) is 10.7 Å². The van der Waals surface area contributed by atoms with Crippen LogP contribution in [0, 0.1) is 6.92 Å². The molecule has 1 aromatic heterocycles. The lowest BCUT2D eigenvalue weighted by atomic mass is 10.1. The molecule has 0 unspecified atom stereocenters. The number of anilines is 2. The van der Waals surface area contributed by atoms with Crippen molar-refractivity contribution in [3.05, 3.63) is 44.2 Å². The summed E-state index contributed by atoms with van der Waals surface area (Å²) in [5.41, 5.74) is 2.69. The fraction of sp³-hybridized carbons (Fsp3) is 0.278. The number of rotatable bonds is 5. The second kappa shape index (κ2) is 9.29. The minimum absolute atomic E-state index is 0.263. The first-order valence-electron chi connectivity index (χ1n) is 7.98. The summed E-state index contributed by atoms with van der Waals surface area (Å²) in [4.78, 5) is 24.5. The highest BCUT2D eigenvalue weighted by atomic mass is 79.9. The minimum atomic E-state index is -0.554. The first-order chi connectivity index (χ1) is 12.8. The summed E-state index contributed by atoms with van der Waals surface area (Å²) in [7, 11) is 2.57. The normalized spacial score (nSPS) is 10.3. The molecule has 27 heavy (non-hydrogen) atoms. The Morgan fingerprint density at radius 1 is 1.19 bits per heavy atom. The van der Waals surface area contributed by atoms with Crippen molar-refractivity contribution >= 4 is 67.2 Å². The molecule has 2 aromatic rings. The van der Waals surface area contributed by atoms with E-state index in [0.717, 1.165) is 33.5 Å². The Labute approximate surface area is 175 Å². The molecule has 0 saturated carbocycles. The summed E-state index contributed by atoms with van der Waals surface area (Å²) in [6.45, 7) is 3.71. The van der Waals surface area contributed by atoms with E-state index in [-0.39, 0.29) is 5.56 Å². The number of halogens is 1. The number of carbonyl (C=O) groups excluding carboxylic acids is 2. The number of nitrogens with one attached hydrogen (secondary N) is 2. The second-order valence-electron chi connectivity index (χ2n) is 5.48. The average Bonchev–Trinajstić information content (AvgIpc) is 2.97. The van der Waals surface area contributed by atoms with Crippen LogP contribution in [0.25, 0.3) is 0 Å². The van der Waals surface area contributed by atoms with Gasteiger partial charge in [0, 0.05) is 10.2 Å². The van der Waals surface area contributed by atoms with Crippen molar-refractivity contribution in [1.29, 1.82) is 0 Å². The largest absolute Gasteiger partial charge is 0.465 e. The number of carbonyl (C=O) groups is 2. The van der Waals surface area contributed by atoms with Gasteiger partial charge in [-0.3, -0.25) is 0 Å². The van der Waals surface area contributed by atoms with E-state index in [1.807, 2.05) is 25.1 Å². The van der Waals surface area contributed by atoms with Gasteiger partial charge in [0.2, 0.25) is 0 Å². The highest BCUT2D eigenvalue weighted by molar-refractivity contribution is 9.10. The topological polar surface area (TPSA) is 76.7 Å². The van der Waals surface area contributed by atoms with E-state index >= 15 is 0 Å². The molecule has 1 heterocycles. The molecule has 2 rings (SSSR count). The van der Waals surface area contributed by atoms with Crippen molar-refractivity contribution in [2.45, 2.75) is 20.3 Å². The zero-order valence-corrected chi connectivity index (χ0v) is 18.5. The van der Waals surface area contributed by atoms with Gasteiger partial charge >= 0.3 is 11.9 Å². The maximum atomic E-state index is 12.2. The highest BCUT2D eigenvalue weighted by Crippen LogP contribution is 2.34. The van der Waals surface area contributed by atoms with Gasteiger partial charge in [-0.1, -0.05) is 22.9 Å². The fourth-order valence-corrected chi connectivity index (χ4v) is 4.27. The number of esters is 2. The third-order valence-electron chi connectivity index (χ3n) is 3.83. The zero-order chi connectivity index (χ0) is 20.1. The Hall–Kier alpha value is -1.97. The Bertz CT molecular complexity index is 896. The molecule has 9 heteroatoms. The predicted molar refractivity (Wildman–Crippen MR) is 115 cm³/mol. The van der Waals surface area contributed by atoms with Crippen molar-refractivity contribution in [2.75, 3.05) is 24.9 Å². The first-order valence-corrected chi connectivity index (χ1v) is 10.0. The van der Waals surface area contributed by atoms with Crippen molar-refractivity contribution in [2.24, 2.45) is 0 Å². The minimum Gasteiger partial charge on any atom is -0.465 e. The fourth-order valence-electron chi connectivity index (χ4n) is 2.47.